The van der Waals surface area contributed by atoms with E-state index in [0.29, 0.717) is 12.0 Å². The van der Waals surface area contributed by atoms with Crippen LogP contribution in [-0.2, 0) is 13.0 Å². The second-order valence-corrected chi connectivity index (χ2v) is 4.49. The van der Waals surface area contributed by atoms with Gasteiger partial charge in [0.15, 0.2) is 0 Å². The van der Waals surface area contributed by atoms with Crippen LogP contribution < -0.4 is 5.32 Å². The molecule has 0 aliphatic heterocycles. The molecule has 5 nitrogen and oxygen atoms in total. The van der Waals surface area contributed by atoms with Gasteiger partial charge in [-0.2, -0.15) is 0 Å². The Morgan fingerprint density at radius 2 is 1.94 bits per heavy atom. The maximum atomic E-state index is 4.38. The molecule has 2 heterocycles. The first-order chi connectivity index (χ1) is 8.70. The van der Waals surface area contributed by atoms with E-state index in [2.05, 4.69) is 41.0 Å². The summed E-state index contributed by atoms with van der Waals surface area (Å²) >= 11 is 0. The molecular formula is C13H19N5. The fraction of sp³-hybridized carbons (Fsp3) is 0.462. The minimum absolute atomic E-state index is 0.463. The predicted octanol–water partition coefficient (Wildman–Crippen LogP) is 1.72. The molecule has 0 unspecified atom stereocenters. The Labute approximate surface area is 107 Å². The molecule has 0 bridgehead atoms. The maximum absolute atomic E-state index is 4.38. The zero-order valence-corrected chi connectivity index (χ0v) is 11.1. The average molecular weight is 245 g/mol. The van der Waals surface area contributed by atoms with Gasteiger partial charge in [0, 0.05) is 49.4 Å². The van der Waals surface area contributed by atoms with Crippen LogP contribution >= 0.6 is 0 Å². The lowest BCUT2D eigenvalue weighted by Gasteiger charge is -2.08. The summed E-state index contributed by atoms with van der Waals surface area (Å²) in [5, 5.41) is 3.34. The lowest BCUT2D eigenvalue weighted by atomic mass is 10.3. The van der Waals surface area contributed by atoms with Gasteiger partial charge in [-0.25, -0.2) is 15.0 Å². The molecule has 0 aromatic carbocycles. The number of hydrogen-bond donors (Lipinski definition) is 1. The van der Waals surface area contributed by atoms with Crippen molar-refractivity contribution in [2.24, 2.45) is 0 Å². The fourth-order valence-electron chi connectivity index (χ4n) is 1.66. The largest absolute Gasteiger partial charge is 0.310 e. The van der Waals surface area contributed by atoms with E-state index in [1.54, 1.807) is 6.20 Å². The van der Waals surface area contributed by atoms with Crippen LogP contribution in [0.15, 0.2) is 24.8 Å². The molecule has 0 aliphatic rings. The summed E-state index contributed by atoms with van der Waals surface area (Å²) in [6, 6.07) is 0.463. The Morgan fingerprint density at radius 3 is 2.56 bits per heavy atom. The topological polar surface area (TPSA) is 55.6 Å². The fourth-order valence-corrected chi connectivity index (χ4v) is 1.66. The molecule has 2 aromatic heterocycles. The van der Waals surface area contributed by atoms with Crippen molar-refractivity contribution in [3.63, 3.8) is 0 Å². The minimum Gasteiger partial charge on any atom is -0.310 e. The van der Waals surface area contributed by atoms with Crippen LogP contribution in [0.5, 0.6) is 0 Å². The summed E-state index contributed by atoms with van der Waals surface area (Å²) in [6.45, 7) is 7.10. The smallest absolute Gasteiger partial charge is 0.235 e. The lowest BCUT2D eigenvalue weighted by molar-refractivity contribution is 0.586. The summed E-state index contributed by atoms with van der Waals surface area (Å²) < 4.78 is 1.92. The Kier molecular flexibility index (Phi) is 4.04. The molecule has 0 aliphatic carbocycles. The van der Waals surface area contributed by atoms with Gasteiger partial charge in [-0.1, -0.05) is 20.8 Å². The number of rotatable bonds is 5. The summed E-state index contributed by atoms with van der Waals surface area (Å²) in [5.74, 6) is 1.65. The van der Waals surface area contributed by atoms with Gasteiger partial charge in [0.1, 0.15) is 5.82 Å². The van der Waals surface area contributed by atoms with Crippen LogP contribution in [0.25, 0.3) is 5.95 Å². The summed E-state index contributed by atoms with van der Waals surface area (Å²) in [6.07, 6.45) is 8.25. The number of aromatic nitrogens is 4. The Morgan fingerprint density at radius 1 is 1.22 bits per heavy atom. The first-order valence-corrected chi connectivity index (χ1v) is 6.27. The molecule has 0 spiro atoms. The number of hydrogen-bond acceptors (Lipinski definition) is 4. The highest BCUT2D eigenvalue weighted by Gasteiger charge is 2.05. The van der Waals surface area contributed by atoms with E-state index in [1.807, 2.05) is 23.2 Å². The third-order valence-corrected chi connectivity index (χ3v) is 2.66. The molecule has 0 radical (unpaired) electrons. The van der Waals surface area contributed by atoms with Crippen molar-refractivity contribution < 1.29 is 0 Å². The van der Waals surface area contributed by atoms with Crippen molar-refractivity contribution in [1.29, 1.82) is 0 Å². The molecule has 18 heavy (non-hydrogen) atoms. The van der Waals surface area contributed by atoms with E-state index < -0.39 is 0 Å². The molecule has 1 N–H and O–H groups in total. The number of imidazole rings is 1. The first-order valence-electron chi connectivity index (χ1n) is 6.27. The highest BCUT2D eigenvalue weighted by atomic mass is 15.2. The number of nitrogens with zero attached hydrogens (tertiary/aromatic N) is 4. The van der Waals surface area contributed by atoms with E-state index in [1.165, 1.54) is 0 Å². The molecule has 2 rings (SSSR count). The van der Waals surface area contributed by atoms with Gasteiger partial charge in [0.05, 0.1) is 0 Å². The standard InChI is InChI=1S/C13H19N5/c1-4-12-14-5-6-18(12)13-16-8-11(9-17-13)7-15-10(2)3/h5-6,8-10,15H,4,7H2,1-3H3. The minimum atomic E-state index is 0.463. The van der Waals surface area contributed by atoms with Crippen LogP contribution in [0.1, 0.15) is 32.2 Å². The van der Waals surface area contributed by atoms with Gasteiger partial charge in [-0.15, -0.1) is 0 Å². The lowest BCUT2D eigenvalue weighted by Crippen LogP contribution is -2.22. The van der Waals surface area contributed by atoms with Crippen LogP contribution in [0, 0.1) is 0 Å². The van der Waals surface area contributed by atoms with E-state index in [9.17, 15) is 0 Å². The van der Waals surface area contributed by atoms with Crippen LogP contribution in [0.4, 0.5) is 0 Å². The number of aryl methyl sites for hydroxylation is 1. The Hall–Kier alpha value is -1.75. The molecule has 0 atom stereocenters. The summed E-state index contributed by atoms with van der Waals surface area (Å²) in [7, 11) is 0. The normalized spacial score (nSPS) is 11.1. The average Bonchev–Trinajstić information content (AvgIpc) is 2.85. The van der Waals surface area contributed by atoms with Crippen LogP contribution in [-0.4, -0.2) is 25.6 Å². The zero-order chi connectivity index (χ0) is 13.0. The SMILES string of the molecule is CCc1nccn1-c1ncc(CNC(C)C)cn1. The van der Waals surface area contributed by atoms with E-state index in [4.69, 9.17) is 0 Å². The van der Waals surface area contributed by atoms with E-state index in [-0.39, 0.29) is 0 Å². The second kappa shape index (κ2) is 5.73. The molecular weight excluding hydrogens is 226 g/mol. The van der Waals surface area contributed by atoms with Crippen molar-refractivity contribution in [2.45, 2.75) is 39.8 Å². The van der Waals surface area contributed by atoms with Crippen molar-refractivity contribution >= 4 is 0 Å². The molecule has 0 fully saturated rings. The Bertz CT molecular complexity index is 486. The van der Waals surface area contributed by atoms with Gasteiger partial charge in [-0.05, 0) is 0 Å². The molecule has 96 valence electrons. The van der Waals surface area contributed by atoms with Crippen molar-refractivity contribution in [2.75, 3.05) is 0 Å². The van der Waals surface area contributed by atoms with Crippen LogP contribution in [0.2, 0.25) is 0 Å². The van der Waals surface area contributed by atoms with Gasteiger partial charge >= 0.3 is 0 Å². The molecule has 0 saturated heterocycles. The third-order valence-electron chi connectivity index (χ3n) is 2.66. The predicted molar refractivity (Wildman–Crippen MR) is 70.5 cm³/mol. The highest BCUT2D eigenvalue weighted by molar-refractivity contribution is 5.17. The molecule has 2 aromatic rings. The molecule has 0 amide bonds. The van der Waals surface area contributed by atoms with Gasteiger partial charge in [-0.3, -0.25) is 4.57 Å². The quantitative estimate of drug-likeness (QED) is 0.871. The number of nitrogens with one attached hydrogen (secondary N) is 1. The zero-order valence-electron chi connectivity index (χ0n) is 11.1. The van der Waals surface area contributed by atoms with Crippen molar-refractivity contribution in [3.8, 4) is 5.95 Å². The second-order valence-electron chi connectivity index (χ2n) is 4.49. The van der Waals surface area contributed by atoms with E-state index in [0.717, 1.165) is 24.4 Å². The highest BCUT2D eigenvalue weighted by Crippen LogP contribution is 2.06. The van der Waals surface area contributed by atoms with Crippen molar-refractivity contribution in [1.82, 2.24) is 24.8 Å². The Balaban J connectivity index is 2.12. The van der Waals surface area contributed by atoms with Crippen LogP contribution in [0.3, 0.4) is 0 Å². The van der Waals surface area contributed by atoms with Crippen molar-refractivity contribution in [3.05, 3.63) is 36.2 Å². The van der Waals surface area contributed by atoms with Gasteiger partial charge in [0.2, 0.25) is 5.95 Å². The molecule has 0 saturated carbocycles. The van der Waals surface area contributed by atoms with Gasteiger partial charge in [0.25, 0.3) is 0 Å². The summed E-state index contributed by atoms with van der Waals surface area (Å²) in [5.41, 5.74) is 1.09. The van der Waals surface area contributed by atoms with E-state index >= 15 is 0 Å². The summed E-state index contributed by atoms with van der Waals surface area (Å²) in [4.78, 5) is 13.0. The van der Waals surface area contributed by atoms with Gasteiger partial charge < -0.3 is 5.32 Å². The monoisotopic (exact) mass is 245 g/mol. The third kappa shape index (κ3) is 2.92. The maximum Gasteiger partial charge on any atom is 0.235 e. The molecule has 5 heteroatoms. The first kappa shape index (κ1) is 12.7.